The van der Waals surface area contributed by atoms with E-state index in [1.54, 1.807) is 0 Å². The van der Waals surface area contributed by atoms with Crippen LogP contribution < -0.4 is 10.6 Å². The predicted octanol–water partition coefficient (Wildman–Crippen LogP) is 2.94. The first-order valence-electron chi connectivity index (χ1n) is 7.13. The van der Waals surface area contributed by atoms with E-state index < -0.39 is 15.7 Å². The lowest BCUT2D eigenvalue weighted by Gasteiger charge is -2.08. The predicted molar refractivity (Wildman–Crippen MR) is 83.5 cm³/mol. The van der Waals surface area contributed by atoms with Gasteiger partial charge in [-0.05, 0) is 61.4 Å². The molecule has 120 valence electrons. The maximum atomic E-state index is 12.9. The number of halogens is 1. The summed E-state index contributed by atoms with van der Waals surface area (Å²) in [6, 6.07) is 10.4. The molecule has 5 nitrogen and oxygen atoms in total. The van der Waals surface area contributed by atoms with Gasteiger partial charge in [0.1, 0.15) is 5.82 Å². The molecule has 2 amide bonds. The highest BCUT2D eigenvalue weighted by atomic mass is 32.2. The normalized spacial score (nSPS) is 14.3. The Labute approximate surface area is 133 Å². The van der Waals surface area contributed by atoms with Gasteiger partial charge in [0.2, 0.25) is 9.84 Å². The van der Waals surface area contributed by atoms with Gasteiger partial charge in [0, 0.05) is 11.7 Å². The monoisotopic (exact) mass is 334 g/mol. The smallest absolute Gasteiger partial charge is 0.319 e. The third-order valence-electron chi connectivity index (χ3n) is 3.46. The van der Waals surface area contributed by atoms with Gasteiger partial charge in [-0.25, -0.2) is 17.6 Å². The van der Waals surface area contributed by atoms with E-state index in [0.29, 0.717) is 5.69 Å². The minimum Gasteiger partial charge on any atom is -0.335 e. The number of hydrogen-bond acceptors (Lipinski definition) is 3. The highest BCUT2D eigenvalue weighted by Crippen LogP contribution is 2.23. The van der Waals surface area contributed by atoms with Gasteiger partial charge in [-0.15, -0.1) is 0 Å². The van der Waals surface area contributed by atoms with Gasteiger partial charge in [-0.1, -0.05) is 0 Å². The van der Waals surface area contributed by atoms with Gasteiger partial charge >= 0.3 is 6.03 Å². The molecule has 0 saturated heterocycles. The van der Waals surface area contributed by atoms with Crippen LogP contribution in [0.2, 0.25) is 0 Å². The summed E-state index contributed by atoms with van der Waals surface area (Å²) in [5.41, 5.74) is 0.501. The number of hydrogen-bond donors (Lipinski definition) is 2. The molecule has 2 aromatic carbocycles. The van der Waals surface area contributed by atoms with Crippen LogP contribution >= 0.6 is 0 Å². The van der Waals surface area contributed by atoms with Crippen molar-refractivity contribution in [2.75, 3.05) is 5.32 Å². The quantitative estimate of drug-likeness (QED) is 0.844. The van der Waals surface area contributed by atoms with E-state index in [0.717, 1.165) is 25.0 Å². The molecule has 0 spiro atoms. The van der Waals surface area contributed by atoms with Crippen LogP contribution in [-0.4, -0.2) is 20.5 Å². The summed E-state index contributed by atoms with van der Waals surface area (Å²) in [5, 5.41) is 5.42. The molecule has 1 fully saturated rings. The summed E-state index contributed by atoms with van der Waals surface area (Å²) in [6.07, 6.45) is 1.98. The van der Waals surface area contributed by atoms with Crippen LogP contribution in [-0.2, 0) is 9.84 Å². The summed E-state index contributed by atoms with van der Waals surface area (Å²) >= 11 is 0. The molecule has 3 rings (SSSR count). The van der Waals surface area contributed by atoms with E-state index >= 15 is 0 Å². The lowest BCUT2D eigenvalue weighted by Crippen LogP contribution is -2.30. The van der Waals surface area contributed by atoms with Crippen LogP contribution in [0.3, 0.4) is 0 Å². The highest BCUT2D eigenvalue weighted by molar-refractivity contribution is 7.91. The van der Waals surface area contributed by atoms with Gasteiger partial charge in [0.25, 0.3) is 0 Å². The van der Waals surface area contributed by atoms with Gasteiger partial charge < -0.3 is 10.6 Å². The first-order valence-corrected chi connectivity index (χ1v) is 8.62. The zero-order valence-corrected chi connectivity index (χ0v) is 12.9. The molecular formula is C16H15FN2O3S. The van der Waals surface area contributed by atoms with E-state index in [2.05, 4.69) is 10.6 Å². The van der Waals surface area contributed by atoms with Gasteiger partial charge in [-0.2, -0.15) is 0 Å². The van der Waals surface area contributed by atoms with Crippen LogP contribution in [0, 0.1) is 5.82 Å². The molecule has 0 unspecified atom stereocenters. The SMILES string of the molecule is O=C(Nc1ccc(S(=O)(=O)c2ccc(F)cc2)cc1)NC1CC1. The summed E-state index contributed by atoms with van der Waals surface area (Å²) in [6.45, 7) is 0. The van der Waals surface area contributed by atoms with Crippen molar-refractivity contribution in [1.29, 1.82) is 0 Å². The fourth-order valence-corrected chi connectivity index (χ4v) is 3.31. The largest absolute Gasteiger partial charge is 0.335 e. The second-order valence-electron chi connectivity index (χ2n) is 5.35. The lowest BCUT2D eigenvalue weighted by atomic mass is 10.3. The third-order valence-corrected chi connectivity index (χ3v) is 5.24. The molecule has 1 saturated carbocycles. The summed E-state index contributed by atoms with van der Waals surface area (Å²) in [5.74, 6) is -0.495. The number of urea groups is 1. The van der Waals surface area contributed by atoms with Crippen LogP contribution in [0.5, 0.6) is 0 Å². The van der Waals surface area contributed by atoms with E-state index in [1.165, 1.54) is 36.4 Å². The standard InChI is InChI=1S/C16H15FN2O3S/c17-11-1-7-14(8-2-11)23(21,22)15-9-5-13(6-10-15)19-16(20)18-12-3-4-12/h1-2,5-10,12H,3-4H2,(H2,18,19,20). The average Bonchev–Trinajstić information content (AvgIpc) is 3.32. The average molecular weight is 334 g/mol. The zero-order valence-electron chi connectivity index (χ0n) is 12.1. The first kappa shape index (κ1) is 15.5. The molecule has 1 aliphatic rings. The van der Waals surface area contributed by atoms with E-state index in [9.17, 15) is 17.6 Å². The Kier molecular flexibility index (Phi) is 4.04. The second-order valence-corrected chi connectivity index (χ2v) is 7.30. The number of nitrogens with one attached hydrogen (secondary N) is 2. The molecular weight excluding hydrogens is 319 g/mol. The molecule has 0 aliphatic heterocycles. The molecule has 0 atom stereocenters. The van der Waals surface area contributed by atoms with Crippen molar-refractivity contribution in [3.05, 3.63) is 54.3 Å². The molecule has 2 aromatic rings. The van der Waals surface area contributed by atoms with Crippen LogP contribution in [0.25, 0.3) is 0 Å². The Balaban J connectivity index is 1.75. The number of sulfone groups is 1. The maximum absolute atomic E-state index is 12.9. The molecule has 2 N–H and O–H groups in total. The third kappa shape index (κ3) is 3.68. The Bertz CT molecular complexity index is 813. The van der Waals surface area contributed by atoms with Crippen molar-refractivity contribution in [1.82, 2.24) is 5.32 Å². The topological polar surface area (TPSA) is 75.3 Å². The molecule has 0 aromatic heterocycles. The second kappa shape index (κ2) is 6.00. The van der Waals surface area contributed by atoms with E-state index in [-0.39, 0.29) is 21.9 Å². The molecule has 0 bridgehead atoms. The van der Waals surface area contributed by atoms with E-state index in [4.69, 9.17) is 0 Å². The molecule has 0 radical (unpaired) electrons. The van der Waals surface area contributed by atoms with Gasteiger partial charge in [0.15, 0.2) is 0 Å². The number of carbonyl (C=O) groups excluding carboxylic acids is 1. The minimum atomic E-state index is -3.70. The van der Waals surface area contributed by atoms with Crippen molar-refractivity contribution in [3.8, 4) is 0 Å². The fourth-order valence-electron chi connectivity index (χ4n) is 2.05. The first-order chi connectivity index (χ1) is 10.9. The summed E-state index contributed by atoms with van der Waals surface area (Å²) in [4.78, 5) is 11.7. The molecule has 7 heteroatoms. The number of benzene rings is 2. The van der Waals surface area contributed by atoms with Crippen LogP contribution in [0.4, 0.5) is 14.9 Å². The maximum Gasteiger partial charge on any atom is 0.319 e. The zero-order chi connectivity index (χ0) is 16.4. The van der Waals surface area contributed by atoms with Crippen molar-refractivity contribution in [3.63, 3.8) is 0 Å². The Hall–Kier alpha value is -2.41. The van der Waals surface area contributed by atoms with Gasteiger partial charge in [0.05, 0.1) is 9.79 Å². The van der Waals surface area contributed by atoms with Crippen LogP contribution in [0.1, 0.15) is 12.8 Å². The van der Waals surface area contributed by atoms with E-state index in [1.807, 2.05) is 0 Å². The highest BCUT2D eigenvalue weighted by Gasteiger charge is 2.23. The molecule has 1 aliphatic carbocycles. The van der Waals surface area contributed by atoms with Crippen molar-refractivity contribution < 1.29 is 17.6 Å². The van der Waals surface area contributed by atoms with Gasteiger partial charge in [-0.3, -0.25) is 0 Å². The number of anilines is 1. The van der Waals surface area contributed by atoms with Crippen molar-refractivity contribution in [2.45, 2.75) is 28.7 Å². The fraction of sp³-hybridized carbons (Fsp3) is 0.188. The Morgan fingerprint density at radius 3 is 2.00 bits per heavy atom. The molecule has 0 heterocycles. The Morgan fingerprint density at radius 1 is 0.957 bits per heavy atom. The van der Waals surface area contributed by atoms with Crippen molar-refractivity contribution >= 4 is 21.6 Å². The number of carbonyl (C=O) groups is 1. The number of amides is 2. The lowest BCUT2D eigenvalue weighted by molar-refractivity contribution is 0.251. The molecule has 23 heavy (non-hydrogen) atoms. The van der Waals surface area contributed by atoms with Crippen molar-refractivity contribution in [2.24, 2.45) is 0 Å². The minimum absolute atomic E-state index is 0.0195. The Morgan fingerprint density at radius 2 is 1.48 bits per heavy atom. The van der Waals surface area contributed by atoms with Crippen LogP contribution in [0.15, 0.2) is 58.3 Å². The summed E-state index contributed by atoms with van der Waals surface area (Å²) in [7, 11) is -3.70. The number of rotatable bonds is 4. The summed E-state index contributed by atoms with van der Waals surface area (Å²) < 4.78 is 37.7.